The minimum Gasteiger partial charge on any atom is -0.386 e. The summed E-state index contributed by atoms with van der Waals surface area (Å²) in [4.78, 5) is 6.21. The summed E-state index contributed by atoms with van der Waals surface area (Å²) in [6.45, 7) is 4.98. The Kier molecular flexibility index (Phi) is 7.48. The van der Waals surface area contributed by atoms with Crippen LogP contribution in [0.2, 0.25) is 0 Å². The van der Waals surface area contributed by atoms with Gasteiger partial charge in [0.2, 0.25) is 0 Å². The molecule has 1 rings (SSSR count). The summed E-state index contributed by atoms with van der Waals surface area (Å²) in [6.07, 6.45) is 3.73. The lowest BCUT2D eigenvalue weighted by atomic mass is 10.00. The third kappa shape index (κ3) is 5.38. The summed E-state index contributed by atoms with van der Waals surface area (Å²) in [6, 6.07) is 3.37. The minimum atomic E-state index is -0.661. The number of halogens is 1. The molecule has 0 saturated heterocycles. The van der Waals surface area contributed by atoms with Gasteiger partial charge in [-0.2, -0.15) is 11.8 Å². The van der Waals surface area contributed by atoms with Crippen molar-refractivity contribution >= 4 is 11.8 Å². The molecule has 3 nitrogen and oxygen atoms in total. The lowest BCUT2D eigenvalue weighted by molar-refractivity contribution is 0.0819. The van der Waals surface area contributed by atoms with Gasteiger partial charge < -0.3 is 10.0 Å². The van der Waals surface area contributed by atoms with Gasteiger partial charge in [-0.3, -0.25) is 4.98 Å². The molecule has 1 heterocycles. The van der Waals surface area contributed by atoms with Crippen molar-refractivity contribution in [3.63, 3.8) is 0 Å². The molecule has 20 heavy (non-hydrogen) atoms. The third-order valence-electron chi connectivity index (χ3n) is 3.66. The van der Waals surface area contributed by atoms with Crippen molar-refractivity contribution in [1.82, 2.24) is 9.88 Å². The maximum Gasteiger partial charge on any atom is 0.141 e. The van der Waals surface area contributed by atoms with E-state index in [1.807, 2.05) is 18.7 Å². The first-order valence-corrected chi connectivity index (χ1v) is 8.33. The Labute approximate surface area is 125 Å². The van der Waals surface area contributed by atoms with E-state index in [-0.39, 0.29) is 11.7 Å². The van der Waals surface area contributed by atoms with E-state index in [1.54, 1.807) is 6.07 Å². The molecule has 1 N–H and O–H groups in total. The van der Waals surface area contributed by atoms with Gasteiger partial charge in [0.05, 0.1) is 18.0 Å². The lowest BCUT2D eigenvalue weighted by Gasteiger charge is -2.29. The van der Waals surface area contributed by atoms with Gasteiger partial charge in [0.15, 0.2) is 0 Å². The molecule has 0 saturated carbocycles. The van der Waals surface area contributed by atoms with Crippen LogP contribution in [0.15, 0.2) is 18.3 Å². The van der Waals surface area contributed by atoms with Crippen molar-refractivity contribution in [2.75, 3.05) is 25.6 Å². The fourth-order valence-electron chi connectivity index (χ4n) is 2.10. The average Bonchev–Trinajstić information content (AvgIpc) is 2.44. The van der Waals surface area contributed by atoms with E-state index in [2.05, 4.69) is 30.1 Å². The Bertz CT molecular complexity index is 388. The van der Waals surface area contributed by atoms with E-state index in [4.69, 9.17) is 0 Å². The molecular weight excluding hydrogens is 275 g/mol. The molecule has 0 amide bonds. The van der Waals surface area contributed by atoms with Crippen molar-refractivity contribution in [3.8, 4) is 0 Å². The van der Waals surface area contributed by atoms with Crippen LogP contribution in [0.25, 0.3) is 0 Å². The number of aliphatic hydroxyl groups is 1. The van der Waals surface area contributed by atoms with Gasteiger partial charge in [-0.05, 0) is 44.5 Å². The van der Waals surface area contributed by atoms with Gasteiger partial charge >= 0.3 is 0 Å². The number of rotatable bonds is 8. The van der Waals surface area contributed by atoms with Crippen LogP contribution in [-0.2, 0) is 0 Å². The van der Waals surface area contributed by atoms with Crippen LogP contribution < -0.4 is 0 Å². The topological polar surface area (TPSA) is 36.4 Å². The van der Waals surface area contributed by atoms with Gasteiger partial charge in [0.25, 0.3) is 0 Å². The Morgan fingerprint density at radius 2 is 2.10 bits per heavy atom. The number of pyridine rings is 1. The summed E-state index contributed by atoms with van der Waals surface area (Å²) in [5, 5.41) is 10.3. The largest absolute Gasteiger partial charge is 0.386 e. The van der Waals surface area contributed by atoms with Gasteiger partial charge in [-0.1, -0.05) is 6.92 Å². The van der Waals surface area contributed by atoms with Crippen LogP contribution in [0, 0.1) is 11.7 Å². The van der Waals surface area contributed by atoms with Gasteiger partial charge in [-0.25, -0.2) is 4.39 Å². The highest BCUT2D eigenvalue weighted by atomic mass is 32.2. The van der Waals surface area contributed by atoms with Crippen molar-refractivity contribution in [2.24, 2.45) is 5.92 Å². The molecule has 5 heteroatoms. The molecule has 0 bridgehead atoms. The molecular formula is C15H25FN2OS. The number of aliphatic hydroxyl groups excluding tert-OH is 1. The molecule has 0 aliphatic carbocycles. The van der Waals surface area contributed by atoms with Crippen molar-refractivity contribution in [3.05, 3.63) is 29.8 Å². The van der Waals surface area contributed by atoms with Crippen molar-refractivity contribution in [2.45, 2.75) is 32.4 Å². The fourth-order valence-corrected chi connectivity index (χ4v) is 2.67. The molecule has 1 aromatic heterocycles. The van der Waals surface area contributed by atoms with Crippen LogP contribution >= 0.6 is 11.8 Å². The molecule has 0 radical (unpaired) electrons. The van der Waals surface area contributed by atoms with Crippen molar-refractivity contribution < 1.29 is 9.50 Å². The molecule has 0 spiro atoms. The summed E-state index contributed by atoms with van der Waals surface area (Å²) in [7, 11) is 2.08. The highest BCUT2D eigenvalue weighted by molar-refractivity contribution is 7.98. The summed E-state index contributed by atoms with van der Waals surface area (Å²) >= 11 is 1.85. The highest BCUT2D eigenvalue weighted by Gasteiger charge is 2.21. The predicted octanol–water partition coefficient (Wildman–Crippen LogP) is 2.96. The molecule has 0 aromatic carbocycles. The van der Waals surface area contributed by atoms with Crippen LogP contribution in [0.1, 0.15) is 32.1 Å². The Hall–Kier alpha value is -0.650. The van der Waals surface area contributed by atoms with E-state index in [0.717, 1.165) is 24.9 Å². The monoisotopic (exact) mass is 300 g/mol. The zero-order chi connectivity index (χ0) is 15.1. The van der Waals surface area contributed by atoms with E-state index in [0.29, 0.717) is 11.7 Å². The molecule has 0 aliphatic heterocycles. The zero-order valence-electron chi connectivity index (χ0n) is 12.7. The first-order chi connectivity index (χ1) is 9.45. The third-order valence-corrected chi connectivity index (χ3v) is 4.30. The van der Waals surface area contributed by atoms with Gasteiger partial charge in [-0.15, -0.1) is 0 Å². The van der Waals surface area contributed by atoms with Gasteiger partial charge in [0.1, 0.15) is 5.82 Å². The van der Waals surface area contributed by atoms with E-state index in [1.165, 1.54) is 6.07 Å². The van der Waals surface area contributed by atoms with Crippen molar-refractivity contribution in [1.29, 1.82) is 0 Å². The molecule has 0 fully saturated rings. The standard InChI is InChI=1S/C15H25FN2OS/c1-11(10-18(3)12(2)7-8-20-4)15(19)14-6-5-13(16)9-17-14/h5-6,9,11-12,15,19H,7-8,10H2,1-4H3. The molecule has 3 unspecified atom stereocenters. The Morgan fingerprint density at radius 1 is 1.40 bits per heavy atom. The Balaban J connectivity index is 2.52. The number of aromatic nitrogens is 1. The quantitative estimate of drug-likeness (QED) is 0.801. The first-order valence-electron chi connectivity index (χ1n) is 6.94. The number of nitrogens with zero attached hydrogens (tertiary/aromatic N) is 2. The summed E-state index contributed by atoms with van der Waals surface area (Å²) in [5.74, 6) is 0.813. The Morgan fingerprint density at radius 3 is 2.65 bits per heavy atom. The van der Waals surface area contributed by atoms with Gasteiger partial charge in [0, 0.05) is 18.5 Å². The number of thioether (sulfide) groups is 1. The molecule has 114 valence electrons. The summed E-state index contributed by atoms with van der Waals surface area (Å²) < 4.78 is 12.8. The predicted molar refractivity (Wildman–Crippen MR) is 83.4 cm³/mol. The first kappa shape index (κ1) is 17.4. The SMILES string of the molecule is CSCCC(C)N(C)CC(C)C(O)c1ccc(F)cn1. The lowest BCUT2D eigenvalue weighted by Crippen LogP contribution is -2.35. The second-order valence-corrected chi connectivity index (χ2v) is 6.38. The number of hydrogen-bond acceptors (Lipinski definition) is 4. The second-order valence-electron chi connectivity index (χ2n) is 5.39. The smallest absolute Gasteiger partial charge is 0.141 e. The average molecular weight is 300 g/mol. The van der Waals surface area contributed by atoms with E-state index >= 15 is 0 Å². The highest BCUT2D eigenvalue weighted by Crippen LogP contribution is 2.21. The fraction of sp³-hybridized carbons (Fsp3) is 0.667. The zero-order valence-corrected chi connectivity index (χ0v) is 13.5. The van der Waals surface area contributed by atoms with Crippen LogP contribution in [0.4, 0.5) is 4.39 Å². The van der Waals surface area contributed by atoms with Crippen LogP contribution in [-0.4, -0.2) is 46.6 Å². The van der Waals surface area contributed by atoms with E-state index < -0.39 is 6.10 Å². The van der Waals surface area contributed by atoms with E-state index in [9.17, 15) is 9.50 Å². The second kappa shape index (κ2) is 8.60. The normalized spacial score (nSPS) is 16.1. The van der Waals surface area contributed by atoms with Crippen LogP contribution in [0.5, 0.6) is 0 Å². The molecule has 0 aliphatic rings. The van der Waals surface area contributed by atoms with Crippen LogP contribution in [0.3, 0.4) is 0 Å². The number of hydrogen-bond donors (Lipinski definition) is 1. The maximum absolute atomic E-state index is 12.8. The molecule has 1 aromatic rings. The summed E-state index contributed by atoms with van der Waals surface area (Å²) in [5.41, 5.74) is 0.532. The maximum atomic E-state index is 12.8. The minimum absolute atomic E-state index is 0.0506. The molecule has 3 atom stereocenters.